The van der Waals surface area contributed by atoms with Gasteiger partial charge < -0.3 is 15.6 Å². The fourth-order valence-electron chi connectivity index (χ4n) is 3.05. The van der Waals surface area contributed by atoms with E-state index in [0.717, 1.165) is 44.9 Å². The van der Waals surface area contributed by atoms with Crippen LogP contribution in [0, 0.1) is 6.92 Å². The van der Waals surface area contributed by atoms with Gasteiger partial charge in [0.15, 0.2) is 5.96 Å². The van der Waals surface area contributed by atoms with Crippen molar-refractivity contribution >= 4 is 52.2 Å². The molecule has 1 aromatic carbocycles. The normalized spacial score (nSPS) is 11.5. The van der Waals surface area contributed by atoms with E-state index < -0.39 is 0 Å². The van der Waals surface area contributed by atoms with Crippen LogP contribution in [0.5, 0.6) is 0 Å². The molecule has 0 radical (unpaired) electrons. The number of thiazole rings is 1. The van der Waals surface area contributed by atoms with Crippen LogP contribution >= 0.6 is 35.3 Å². The molecular formula is C21H30IN5S. The summed E-state index contributed by atoms with van der Waals surface area (Å²) in [7, 11) is 0. The highest BCUT2D eigenvalue weighted by Gasteiger charge is 2.05. The average molecular weight is 511 g/mol. The quantitative estimate of drug-likeness (QED) is 0.238. The third kappa shape index (κ3) is 6.20. The molecule has 0 amide bonds. The minimum atomic E-state index is 0. The third-order valence-corrected chi connectivity index (χ3v) is 5.70. The van der Waals surface area contributed by atoms with Gasteiger partial charge in [-0.2, -0.15) is 0 Å². The molecule has 7 heteroatoms. The zero-order valence-corrected chi connectivity index (χ0v) is 20.0. The Morgan fingerprint density at radius 2 is 2.07 bits per heavy atom. The number of halogens is 1. The van der Waals surface area contributed by atoms with Crippen molar-refractivity contribution in [2.24, 2.45) is 4.99 Å². The van der Waals surface area contributed by atoms with Gasteiger partial charge in [-0.05, 0) is 43.9 Å². The molecule has 2 aromatic heterocycles. The zero-order chi connectivity index (χ0) is 19.1. The second kappa shape index (κ2) is 11.4. The Morgan fingerprint density at radius 3 is 2.82 bits per heavy atom. The van der Waals surface area contributed by atoms with Crippen molar-refractivity contribution in [2.45, 2.75) is 40.0 Å². The van der Waals surface area contributed by atoms with E-state index in [1.54, 1.807) is 11.3 Å². The van der Waals surface area contributed by atoms with E-state index >= 15 is 0 Å². The second-order valence-corrected chi connectivity index (χ2v) is 7.82. The van der Waals surface area contributed by atoms with Gasteiger partial charge in [0.25, 0.3) is 0 Å². The lowest BCUT2D eigenvalue weighted by atomic mass is 10.1. The van der Waals surface area contributed by atoms with Crippen LogP contribution in [0.3, 0.4) is 0 Å². The molecule has 5 nitrogen and oxygen atoms in total. The van der Waals surface area contributed by atoms with Crippen LogP contribution in [0.1, 0.15) is 34.9 Å². The number of hydrogen-bond acceptors (Lipinski definition) is 3. The summed E-state index contributed by atoms with van der Waals surface area (Å²) in [5, 5.41) is 9.24. The van der Waals surface area contributed by atoms with E-state index in [-0.39, 0.29) is 24.0 Å². The van der Waals surface area contributed by atoms with Crippen LogP contribution in [0.2, 0.25) is 0 Å². The Hall–Kier alpha value is -1.61. The number of fused-ring (bicyclic) bond motifs is 1. The van der Waals surface area contributed by atoms with Gasteiger partial charge in [0.05, 0.1) is 5.01 Å². The molecule has 152 valence electrons. The topological polar surface area (TPSA) is 65.1 Å². The molecule has 0 saturated heterocycles. The molecule has 0 bridgehead atoms. The van der Waals surface area contributed by atoms with E-state index in [1.165, 1.54) is 31.9 Å². The standard InChI is InChI=1S/C21H29N5S.HI/c1-4-17-14-26-20(27-17)9-11-24-21(22-5-2)23-10-8-16-13-25-19-12-15(3)6-7-18(16)19;/h6-7,12-14,25H,4-5,8-11H2,1-3H3,(H2,22,23,24);1H. The van der Waals surface area contributed by atoms with Crippen molar-refractivity contribution < 1.29 is 0 Å². The first-order valence-corrected chi connectivity index (χ1v) is 10.5. The van der Waals surface area contributed by atoms with E-state index in [9.17, 15) is 0 Å². The summed E-state index contributed by atoms with van der Waals surface area (Å²) >= 11 is 1.79. The van der Waals surface area contributed by atoms with Crippen molar-refractivity contribution in [1.82, 2.24) is 20.6 Å². The fraction of sp³-hybridized carbons (Fsp3) is 0.429. The molecule has 0 unspecified atom stereocenters. The van der Waals surface area contributed by atoms with E-state index in [4.69, 9.17) is 0 Å². The molecule has 0 saturated carbocycles. The van der Waals surface area contributed by atoms with E-state index in [0.29, 0.717) is 0 Å². The number of rotatable bonds is 8. The Kier molecular flexibility index (Phi) is 9.24. The molecular weight excluding hydrogens is 481 g/mol. The molecule has 0 aliphatic carbocycles. The average Bonchev–Trinajstić information content (AvgIpc) is 3.28. The molecule has 0 aliphatic rings. The molecule has 0 spiro atoms. The number of aryl methyl sites for hydroxylation is 2. The monoisotopic (exact) mass is 511 g/mol. The number of aromatic amines is 1. The minimum absolute atomic E-state index is 0. The maximum absolute atomic E-state index is 4.69. The summed E-state index contributed by atoms with van der Waals surface area (Å²) in [4.78, 5) is 13.9. The Balaban J connectivity index is 0.00000280. The fourth-order valence-corrected chi connectivity index (χ4v) is 3.91. The zero-order valence-electron chi connectivity index (χ0n) is 16.8. The first-order valence-electron chi connectivity index (χ1n) is 9.72. The highest BCUT2D eigenvalue weighted by molar-refractivity contribution is 14.0. The van der Waals surface area contributed by atoms with Crippen molar-refractivity contribution in [3.63, 3.8) is 0 Å². The van der Waals surface area contributed by atoms with Gasteiger partial charge in [0.1, 0.15) is 0 Å². The van der Waals surface area contributed by atoms with Crippen LogP contribution in [0.4, 0.5) is 0 Å². The lowest BCUT2D eigenvalue weighted by Gasteiger charge is -2.11. The predicted molar refractivity (Wildman–Crippen MR) is 131 cm³/mol. The largest absolute Gasteiger partial charge is 0.361 e. The Bertz CT molecular complexity index is 899. The number of aromatic nitrogens is 2. The number of hydrogen-bond donors (Lipinski definition) is 3. The van der Waals surface area contributed by atoms with Crippen molar-refractivity contribution in [1.29, 1.82) is 0 Å². The first kappa shape index (κ1) is 22.7. The Labute approximate surface area is 188 Å². The van der Waals surface area contributed by atoms with Crippen LogP contribution < -0.4 is 10.6 Å². The predicted octanol–water partition coefficient (Wildman–Crippen LogP) is 4.45. The summed E-state index contributed by atoms with van der Waals surface area (Å²) in [5.74, 6) is 0.875. The van der Waals surface area contributed by atoms with Crippen molar-refractivity contribution in [2.75, 3.05) is 19.6 Å². The van der Waals surface area contributed by atoms with Crippen LogP contribution in [0.15, 0.2) is 35.6 Å². The van der Waals surface area contributed by atoms with Gasteiger partial charge in [-0.25, -0.2) is 4.98 Å². The highest BCUT2D eigenvalue weighted by Crippen LogP contribution is 2.19. The summed E-state index contributed by atoms with van der Waals surface area (Å²) in [5.41, 5.74) is 3.82. The molecule has 3 rings (SSSR count). The molecule has 0 atom stereocenters. The van der Waals surface area contributed by atoms with Crippen molar-refractivity contribution in [3.05, 3.63) is 51.6 Å². The van der Waals surface area contributed by atoms with Gasteiger partial charge >= 0.3 is 0 Å². The smallest absolute Gasteiger partial charge is 0.191 e. The first-order chi connectivity index (χ1) is 13.2. The minimum Gasteiger partial charge on any atom is -0.361 e. The number of guanidine groups is 1. The summed E-state index contributed by atoms with van der Waals surface area (Å²) in [6.45, 7) is 8.83. The maximum Gasteiger partial charge on any atom is 0.191 e. The summed E-state index contributed by atoms with van der Waals surface area (Å²) < 4.78 is 0. The highest BCUT2D eigenvalue weighted by atomic mass is 127. The maximum atomic E-state index is 4.69. The lowest BCUT2D eigenvalue weighted by Crippen LogP contribution is -2.38. The van der Waals surface area contributed by atoms with Gasteiger partial charge in [-0.1, -0.05) is 19.1 Å². The van der Waals surface area contributed by atoms with Gasteiger partial charge in [0, 0.05) is 54.2 Å². The van der Waals surface area contributed by atoms with Gasteiger partial charge in [-0.3, -0.25) is 4.99 Å². The molecule has 0 aliphatic heterocycles. The number of benzene rings is 1. The number of nitrogens with zero attached hydrogens (tertiary/aromatic N) is 2. The van der Waals surface area contributed by atoms with E-state index in [2.05, 4.69) is 70.8 Å². The van der Waals surface area contributed by atoms with Gasteiger partial charge in [0.2, 0.25) is 0 Å². The SMILES string of the molecule is CCNC(=NCCc1ncc(CC)s1)NCCc1c[nH]c2cc(C)ccc12.I. The van der Waals surface area contributed by atoms with E-state index in [1.807, 2.05) is 6.20 Å². The summed E-state index contributed by atoms with van der Waals surface area (Å²) in [6.07, 6.45) is 7.00. The molecule has 3 aromatic rings. The number of aliphatic imine (C=N–C) groups is 1. The lowest BCUT2D eigenvalue weighted by molar-refractivity contribution is 0.798. The van der Waals surface area contributed by atoms with Crippen LogP contribution in [-0.4, -0.2) is 35.6 Å². The summed E-state index contributed by atoms with van der Waals surface area (Å²) in [6, 6.07) is 6.57. The van der Waals surface area contributed by atoms with Crippen molar-refractivity contribution in [3.8, 4) is 0 Å². The molecule has 0 fully saturated rings. The van der Waals surface area contributed by atoms with Gasteiger partial charge in [-0.15, -0.1) is 35.3 Å². The molecule has 28 heavy (non-hydrogen) atoms. The van der Waals surface area contributed by atoms with Crippen LogP contribution in [-0.2, 0) is 19.3 Å². The second-order valence-electron chi connectivity index (χ2n) is 6.62. The Morgan fingerprint density at radius 1 is 1.21 bits per heavy atom. The number of nitrogens with one attached hydrogen (secondary N) is 3. The molecule has 2 heterocycles. The third-order valence-electron chi connectivity index (χ3n) is 4.50. The molecule has 3 N–H and O–H groups in total. The number of H-pyrrole nitrogens is 1. The van der Waals surface area contributed by atoms with Crippen LogP contribution in [0.25, 0.3) is 10.9 Å².